The zero-order valence-electron chi connectivity index (χ0n) is 11.1. The number of hydrogen-bond acceptors (Lipinski definition) is 2. The summed E-state index contributed by atoms with van der Waals surface area (Å²) in [6.45, 7) is 0. The Morgan fingerprint density at radius 1 is 1.25 bits per heavy atom. The molecule has 0 aromatic heterocycles. The normalized spacial score (nSPS) is 23.6. The topological polar surface area (TPSA) is 21.3 Å². The quantitative estimate of drug-likeness (QED) is 0.871. The Kier molecular flexibility index (Phi) is 4.81. The molecule has 0 saturated heterocycles. The van der Waals surface area contributed by atoms with Crippen LogP contribution in [-0.4, -0.2) is 19.3 Å². The molecule has 2 nitrogen and oxygen atoms in total. The zero-order valence-corrected chi connectivity index (χ0v) is 11.9. The molecule has 1 aliphatic rings. The number of rotatable bonds is 3. The fourth-order valence-electron chi connectivity index (χ4n) is 2.56. The molecule has 2 atom stereocenters. The average Bonchev–Trinajstić information content (AvgIpc) is 2.37. The minimum Gasteiger partial charge on any atom is -0.382 e. The van der Waals surface area contributed by atoms with Gasteiger partial charge in [0.2, 0.25) is 0 Å². The van der Waals surface area contributed by atoms with Crippen LogP contribution in [0, 0.1) is 0 Å². The molecular weight excluding hydrogens is 291 g/mol. The first-order valence-corrected chi connectivity index (χ1v) is 6.93. The molecule has 0 amide bonds. The van der Waals surface area contributed by atoms with E-state index in [0.717, 1.165) is 37.8 Å². The van der Waals surface area contributed by atoms with Crippen molar-refractivity contribution < 1.29 is 17.9 Å². The highest BCUT2D eigenvalue weighted by atomic mass is 35.5. The minimum atomic E-state index is -4.39. The van der Waals surface area contributed by atoms with E-state index in [1.807, 2.05) is 0 Å². The van der Waals surface area contributed by atoms with E-state index < -0.39 is 11.7 Å². The summed E-state index contributed by atoms with van der Waals surface area (Å²) in [5.74, 6) is 0. The fourth-order valence-corrected chi connectivity index (χ4v) is 2.80. The van der Waals surface area contributed by atoms with Crippen molar-refractivity contribution in [3.05, 3.63) is 28.8 Å². The van der Waals surface area contributed by atoms with Crippen LogP contribution < -0.4 is 5.32 Å². The lowest BCUT2D eigenvalue weighted by atomic mass is 9.92. The number of methoxy groups -OCH3 is 1. The maximum absolute atomic E-state index is 12.7. The second-order valence-corrected chi connectivity index (χ2v) is 5.53. The molecule has 20 heavy (non-hydrogen) atoms. The standard InChI is InChI=1S/C14H17ClF3NO/c1-20-13-4-2-3-11(8-13)19-12-6-9(14(16,17)18)5-10(15)7-12/h5-7,11,13,19H,2-4,8H2,1H3. The van der Waals surface area contributed by atoms with Crippen molar-refractivity contribution in [2.24, 2.45) is 0 Å². The second-order valence-electron chi connectivity index (χ2n) is 5.09. The third kappa shape index (κ3) is 4.03. The van der Waals surface area contributed by atoms with Gasteiger partial charge in [-0.1, -0.05) is 11.6 Å². The number of anilines is 1. The molecule has 0 spiro atoms. The summed E-state index contributed by atoms with van der Waals surface area (Å²) in [5, 5.41) is 3.22. The van der Waals surface area contributed by atoms with E-state index in [9.17, 15) is 13.2 Å². The van der Waals surface area contributed by atoms with Crippen LogP contribution in [-0.2, 0) is 10.9 Å². The van der Waals surface area contributed by atoms with Gasteiger partial charge in [0.25, 0.3) is 0 Å². The van der Waals surface area contributed by atoms with E-state index in [2.05, 4.69) is 5.32 Å². The van der Waals surface area contributed by atoms with E-state index in [1.54, 1.807) is 7.11 Å². The van der Waals surface area contributed by atoms with Gasteiger partial charge >= 0.3 is 6.18 Å². The lowest BCUT2D eigenvalue weighted by Crippen LogP contribution is -2.31. The van der Waals surface area contributed by atoms with Gasteiger partial charge in [0.05, 0.1) is 11.7 Å². The number of alkyl halides is 3. The SMILES string of the molecule is COC1CCCC(Nc2cc(Cl)cc(C(F)(F)F)c2)C1. The van der Waals surface area contributed by atoms with Crippen molar-refractivity contribution in [3.63, 3.8) is 0 Å². The Labute approximate surface area is 121 Å². The molecule has 1 aromatic rings. The Morgan fingerprint density at radius 3 is 2.65 bits per heavy atom. The highest BCUT2D eigenvalue weighted by Crippen LogP contribution is 2.34. The summed E-state index contributed by atoms with van der Waals surface area (Å²) < 4.78 is 43.5. The first kappa shape index (κ1) is 15.4. The van der Waals surface area contributed by atoms with Gasteiger partial charge in [0.1, 0.15) is 0 Å². The van der Waals surface area contributed by atoms with E-state index in [-0.39, 0.29) is 17.2 Å². The molecule has 0 heterocycles. The van der Waals surface area contributed by atoms with E-state index >= 15 is 0 Å². The summed E-state index contributed by atoms with van der Waals surface area (Å²) >= 11 is 5.77. The predicted octanol–water partition coefficient (Wildman–Crippen LogP) is 4.73. The number of ether oxygens (including phenoxy) is 1. The summed E-state index contributed by atoms with van der Waals surface area (Å²) in [4.78, 5) is 0. The minimum absolute atomic E-state index is 0.0847. The van der Waals surface area contributed by atoms with Crippen molar-refractivity contribution >= 4 is 17.3 Å². The van der Waals surface area contributed by atoms with Crippen LogP contribution in [0.2, 0.25) is 5.02 Å². The molecule has 6 heteroatoms. The van der Waals surface area contributed by atoms with Crippen molar-refractivity contribution in [2.75, 3.05) is 12.4 Å². The molecule has 1 saturated carbocycles. The Hall–Kier alpha value is -0.940. The van der Waals surface area contributed by atoms with E-state index in [1.165, 1.54) is 6.07 Å². The van der Waals surface area contributed by atoms with Crippen LogP contribution in [0.25, 0.3) is 0 Å². The maximum atomic E-state index is 12.7. The monoisotopic (exact) mass is 307 g/mol. The highest BCUT2D eigenvalue weighted by Gasteiger charge is 2.31. The molecule has 1 aliphatic carbocycles. The van der Waals surface area contributed by atoms with Gasteiger partial charge in [0.15, 0.2) is 0 Å². The summed E-state index contributed by atoms with van der Waals surface area (Å²) in [7, 11) is 1.66. The van der Waals surface area contributed by atoms with Crippen LogP contribution in [0.1, 0.15) is 31.2 Å². The Morgan fingerprint density at radius 2 is 2.00 bits per heavy atom. The summed E-state index contributed by atoms with van der Waals surface area (Å²) in [6.07, 6.45) is -0.496. The summed E-state index contributed by atoms with van der Waals surface area (Å²) in [6, 6.07) is 3.68. The van der Waals surface area contributed by atoms with Crippen LogP contribution >= 0.6 is 11.6 Å². The lowest BCUT2D eigenvalue weighted by molar-refractivity contribution is -0.137. The summed E-state index contributed by atoms with van der Waals surface area (Å²) in [5.41, 5.74) is -0.321. The molecule has 1 fully saturated rings. The van der Waals surface area contributed by atoms with Crippen LogP contribution in [0.3, 0.4) is 0 Å². The second kappa shape index (κ2) is 6.22. The number of hydrogen-bond donors (Lipinski definition) is 1. The van der Waals surface area contributed by atoms with Gasteiger partial charge in [-0.15, -0.1) is 0 Å². The smallest absolute Gasteiger partial charge is 0.382 e. The Balaban J connectivity index is 2.11. The maximum Gasteiger partial charge on any atom is 0.416 e. The molecule has 2 unspecified atom stereocenters. The molecule has 0 radical (unpaired) electrons. The van der Waals surface area contributed by atoms with Gasteiger partial charge < -0.3 is 10.1 Å². The lowest BCUT2D eigenvalue weighted by Gasteiger charge is -2.29. The Bertz CT molecular complexity index is 464. The molecule has 0 aliphatic heterocycles. The van der Waals surface area contributed by atoms with Gasteiger partial charge in [-0.3, -0.25) is 0 Å². The number of halogens is 4. The first-order chi connectivity index (χ1) is 9.38. The van der Waals surface area contributed by atoms with E-state index in [0.29, 0.717) is 5.69 Å². The third-order valence-corrected chi connectivity index (χ3v) is 3.77. The predicted molar refractivity (Wildman–Crippen MR) is 73.1 cm³/mol. The number of benzene rings is 1. The number of nitrogens with one attached hydrogen (secondary N) is 1. The van der Waals surface area contributed by atoms with Crippen LogP contribution in [0.15, 0.2) is 18.2 Å². The molecule has 2 rings (SSSR count). The van der Waals surface area contributed by atoms with Gasteiger partial charge in [0, 0.05) is 23.9 Å². The molecule has 1 aromatic carbocycles. The van der Waals surface area contributed by atoms with Crippen LogP contribution in [0.4, 0.5) is 18.9 Å². The van der Waals surface area contributed by atoms with Crippen molar-refractivity contribution in [1.82, 2.24) is 0 Å². The average molecular weight is 308 g/mol. The van der Waals surface area contributed by atoms with Gasteiger partial charge in [-0.2, -0.15) is 13.2 Å². The van der Waals surface area contributed by atoms with E-state index in [4.69, 9.17) is 16.3 Å². The molecule has 1 N–H and O–H groups in total. The molecule has 0 bridgehead atoms. The van der Waals surface area contributed by atoms with Gasteiger partial charge in [-0.05, 0) is 43.9 Å². The molecule has 112 valence electrons. The van der Waals surface area contributed by atoms with Crippen molar-refractivity contribution in [1.29, 1.82) is 0 Å². The first-order valence-electron chi connectivity index (χ1n) is 6.55. The van der Waals surface area contributed by atoms with Gasteiger partial charge in [-0.25, -0.2) is 0 Å². The van der Waals surface area contributed by atoms with Crippen molar-refractivity contribution in [3.8, 4) is 0 Å². The molecular formula is C14H17ClF3NO. The van der Waals surface area contributed by atoms with Crippen LogP contribution in [0.5, 0.6) is 0 Å². The zero-order chi connectivity index (χ0) is 14.8. The highest BCUT2D eigenvalue weighted by molar-refractivity contribution is 6.30. The third-order valence-electron chi connectivity index (χ3n) is 3.56. The largest absolute Gasteiger partial charge is 0.416 e. The fraction of sp³-hybridized carbons (Fsp3) is 0.571. The van der Waals surface area contributed by atoms with Crippen molar-refractivity contribution in [2.45, 2.75) is 44.0 Å².